The van der Waals surface area contributed by atoms with E-state index < -0.39 is 5.91 Å². The smallest absolute Gasteiger partial charge is 0.270 e. The van der Waals surface area contributed by atoms with Crippen molar-refractivity contribution in [3.05, 3.63) is 58.1 Å². The summed E-state index contributed by atoms with van der Waals surface area (Å²) in [5, 5.41) is 6.74. The van der Waals surface area contributed by atoms with Gasteiger partial charge in [-0.25, -0.2) is 0 Å². The monoisotopic (exact) mass is 399 g/mol. The summed E-state index contributed by atoms with van der Waals surface area (Å²) in [5.74, 6) is -0.686. The number of hydrogen-bond acceptors (Lipinski definition) is 4. The number of fused-ring (bicyclic) bond motifs is 1. The molecular weight excluding hydrogens is 378 g/mol. The van der Waals surface area contributed by atoms with Crippen molar-refractivity contribution in [3.8, 4) is 0 Å². The standard InChI is InChI=1S/C21H22ClN3O3/c1-13-8-14(2)21(17(22)9-13)24-19(26)11-23-28-12-20(27)25-15(3)10-16-6-4-5-7-18(16)25/h4-9,11,15H,10,12H2,1-3H3,(H,24,26)/b23-11+. The molecule has 1 atom stereocenters. The molecule has 6 nitrogen and oxygen atoms in total. The number of anilines is 2. The predicted molar refractivity (Wildman–Crippen MR) is 111 cm³/mol. The second-order valence-corrected chi connectivity index (χ2v) is 7.29. The summed E-state index contributed by atoms with van der Waals surface area (Å²) >= 11 is 6.17. The highest BCUT2D eigenvalue weighted by atomic mass is 35.5. The Bertz CT molecular complexity index is 919. The van der Waals surface area contributed by atoms with E-state index in [1.165, 1.54) is 0 Å². The minimum absolute atomic E-state index is 0.0624. The SMILES string of the molecule is Cc1cc(C)c(NC(=O)/C=N/OCC(=O)N2c3ccccc3CC2C)c(Cl)c1. The van der Waals surface area contributed by atoms with Crippen LogP contribution in [0.5, 0.6) is 0 Å². The number of oxime groups is 1. The largest absolute Gasteiger partial charge is 0.385 e. The summed E-state index contributed by atoms with van der Waals surface area (Å²) in [7, 11) is 0. The lowest BCUT2D eigenvalue weighted by molar-refractivity contribution is -0.123. The summed E-state index contributed by atoms with van der Waals surface area (Å²) in [6.07, 6.45) is 1.80. The Labute approximate surface area is 169 Å². The summed E-state index contributed by atoms with van der Waals surface area (Å²) in [5.41, 5.74) is 4.42. The van der Waals surface area contributed by atoms with Crippen LogP contribution in [0.25, 0.3) is 0 Å². The Hall–Kier alpha value is -2.86. The van der Waals surface area contributed by atoms with Gasteiger partial charge in [-0.2, -0.15) is 0 Å². The summed E-state index contributed by atoms with van der Waals surface area (Å²) in [6.45, 7) is 5.53. The normalized spacial score (nSPS) is 15.6. The molecule has 1 N–H and O–H groups in total. The Morgan fingerprint density at radius 2 is 2.07 bits per heavy atom. The van der Waals surface area contributed by atoms with Crippen LogP contribution in [0.4, 0.5) is 11.4 Å². The van der Waals surface area contributed by atoms with E-state index in [9.17, 15) is 9.59 Å². The predicted octanol–water partition coefficient (Wildman–Crippen LogP) is 3.88. The van der Waals surface area contributed by atoms with E-state index in [-0.39, 0.29) is 18.6 Å². The molecule has 1 aliphatic rings. The van der Waals surface area contributed by atoms with Crippen LogP contribution >= 0.6 is 11.6 Å². The van der Waals surface area contributed by atoms with Crippen molar-refractivity contribution in [2.24, 2.45) is 5.16 Å². The number of amides is 2. The first-order chi connectivity index (χ1) is 13.4. The molecule has 146 valence electrons. The molecule has 0 aliphatic carbocycles. The van der Waals surface area contributed by atoms with Crippen molar-refractivity contribution in [2.75, 3.05) is 16.8 Å². The number of aryl methyl sites for hydroxylation is 2. The molecule has 1 heterocycles. The maximum atomic E-state index is 12.5. The summed E-state index contributed by atoms with van der Waals surface area (Å²) < 4.78 is 0. The fourth-order valence-corrected chi connectivity index (χ4v) is 3.79. The lowest BCUT2D eigenvalue weighted by atomic mass is 10.1. The van der Waals surface area contributed by atoms with Gasteiger partial charge in [0.1, 0.15) is 6.21 Å². The number of nitrogens with one attached hydrogen (secondary N) is 1. The van der Waals surface area contributed by atoms with Gasteiger partial charge >= 0.3 is 0 Å². The van der Waals surface area contributed by atoms with E-state index >= 15 is 0 Å². The number of halogens is 1. The molecule has 2 amide bonds. The summed E-state index contributed by atoms with van der Waals surface area (Å²) in [6, 6.07) is 11.5. The van der Waals surface area contributed by atoms with Gasteiger partial charge in [-0.1, -0.05) is 41.0 Å². The number of hydrogen-bond donors (Lipinski definition) is 1. The van der Waals surface area contributed by atoms with Crippen LogP contribution < -0.4 is 10.2 Å². The van der Waals surface area contributed by atoms with Crippen molar-refractivity contribution in [1.82, 2.24) is 0 Å². The van der Waals surface area contributed by atoms with Gasteiger partial charge < -0.3 is 15.1 Å². The van der Waals surface area contributed by atoms with Crippen LogP contribution in [0.1, 0.15) is 23.6 Å². The van der Waals surface area contributed by atoms with Gasteiger partial charge in [0.05, 0.1) is 10.7 Å². The molecule has 0 aromatic heterocycles. The average molecular weight is 400 g/mol. The lowest BCUT2D eigenvalue weighted by Crippen LogP contribution is -2.38. The third kappa shape index (κ3) is 4.34. The van der Waals surface area contributed by atoms with Gasteiger partial charge in [0, 0.05) is 11.7 Å². The Morgan fingerprint density at radius 1 is 1.32 bits per heavy atom. The molecular formula is C21H22ClN3O3. The first-order valence-electron chi connectivity index (χ1n) is 9.00. The van der Waals surface area contributed by atoms with Crippen molar-refractivity contribution >= 4 is 41.0 Å². The molecule has 28 heavy (non-hydrogen) atoms. The number of carbonyl (C=O) groups excluding carboxylic acids is 2. The van der Waals surface area contributed by atoms with E-state index in [0.29, 0.717) is 10.7 Å². The quantitative estimate of drug-likeness (QED) is 0.612. The van der Waals surface area contributed by atoms with Crippen LogP contribution in [0.3, 0.4) is 0 Å². The number of benzene rings is 2. The first-order valence-corrected chi connectivity index (χ1v) is 9.37. The number of para-hydroxylation sites is 1. The van der Waals surface area contributed by atoms with Crippen LogP contribution in [-0.2, 0) is 20.8 Å². The van der Waals surface area contributed by atoms with Crippen LogP contribution in [-0.4, -0.2) is 30.7 Å². The molecule has 0 bridgehead atoms. The molecule has 7 heteroatoms. The third-order valence-corrected chi connectivity index (χ3v) is 4.89. The Balaban J connectivity index is 1.54. The highest BCUT2D eigenvalue weighted by molar-refractivity contribution is 6.37. The zero-order valence-electron chi connectivity index (χ0n) is 16.0. The van der Waals surface area contributed by atoms with Crippen LogP contribution in [0.2, 0.25) is 5.02 Å². The van der Waals surface area contributed by atoms with Gasteiger partial charge in [-0.05, 0) is 56.0 Å². The molecule has 0 fully saturated rings. The first kappa shape index (κ1) is 19.9. The van der Waals surface area contributed by atoms with Crippen molar-refractivity contribution in [3.63, 3.8) is 0 Å². The van der Waals surface area contributed by atoms with Crippen molar-refractivity contribution in [2.45, 2.75) is 33.2 Å². The van der Waals surface area contributed by atoms with Gasteiger partial charge in [-0.15, -0.1) is 0 Å². The van der Waals surface area contributed by atoms with E-state index in [1.54, 1.807) is 11.0 Å². The third-order valence-electron chi connectivity index (χ3n) is 4.59. The van der Waals surface area contributed by atoms with Crippen molar-refractivity contribution in [1.29, 1.82) is 0 Å². The molecule has 2 aromatic rings. The van der Waals surface area contributed by atoms with Gasteiger partial charge in [0.25, 0.3) is 11.8 Å². The maximum Gasteiger partial charge on any atom is 0.270 e. The molecule has 0 radical (unpaired) electrons. The number of rotatable bonds is 5. The fraction of sp³-hybridized carbons (Fsp3) is 0.286. The van der Waals surface area contributed by atoms with Gasteiger partial charge in [-0.3, -0.25) is 9.59 Å². The van der Waals surface area contributed by atoms with Crippen molar-refractivity contribution < 1.29 is 14.4 Å². The van der Waals surface area contributed by atoms with Crippen LogP contribution in [0, 0.1) is 13.8 Å². The highest BCUT2D eigenvalue weighted by Gasteiger charge is 2.30. The Morgan fingerprint density at radius 3 is 2.82 bits per heavy atom. The summed E-state index contributed by atoms with van der Waals surface area (Å²) in [4.78, 5) is 31.3. The molecule has 0 saturated carbocycles. The zero-order valence-corrected chi connectivity index (χ0v) is 16.8. The minimum Gasteiger partial charge on any atom is -0.385 e. The Kier molecular flexibility index (Phi) is 5.99. The van der Waals surface area contributed by atoms with Gasteiger partial charge in [0.15, 0.2) is 6.61 Å². The van der Waals surface area contributed by atoms with E-state index in [1.807, 2.05) is 51.1 Å². The number of nitrogens with zero attached hydrogens (tertiary/aromatic N) is 2. The second-order valence-electron chi connectivity index (χ2n) is 6.88. The molecule has 0 spiro atoms. The molecule has 3 rings (SSSR count). The highest BCUT2D eigenvalue weighted by Crippen LogP contribution is 2.31. The zero-order chi connectivity index (χ0) is 20.3. The van der Waals surface area contributed by atoms with Crippen LogP contribution in [0.15, 0.2) is 41.6 Å². The van der Waals surface area contributed by atoms with E-state index in [0.717, 1.165) is 35.0 Å². The molecule has 2 aromatic carbocycles. The second kappa shape index (κ2) is 8.44. The molecule has 1 unspecified atom stereocenters. The molecule has 0 saturated heterocycles. The lowest BCUT2D eigenvalue weighted by Gasteiger charge is -2.21. The maximum absolute atomic E-state index is 12.5. The fourth-order valence-electron chi connectivity index (χ4n) is 3.42. The minimum atomic E-state index is -0.485. The number of carbonyl (C=O) groups is 2. The topological polar surface area (TPSA) is 71.0 Å². The van der Waals surface area contributed by atoms with E-state index in [2.05, 4.69) is 10.5 Å². The average Bonchev–Trinajstić information content (AvgIpc) is 2.97. The van der Waals surface area contributed by atoms with Gasteiger partial charge in [0.2, 0.25) is 0 Å². The van der Waals surface area contributed by atoms with E-state index in [4.69, 9.17) is 16.4 Å². The molecule has 1 aliphatic heterocycles.